The highest BCUT2D eigenvalue weighted by molar-refractivity contribution is 5.26. The third-order valence-corrected chi connectivity index (χ3v) is 3.64. The number of methoxy groups -OCH3 is 1. The van der Waals surface area contributed by atoms with Gasteiger partial charge in [-0.05, 0) is 30.0 Å². The molecule has 0 fully saturated rings. The Morgan fingerprint density at radius 2 is 2.05 bits per heavy atom. The fourth-order valence-electron chi connectivity index (χ4n) is 2.26. The molecule has 0 aliphatic carbocycles. The monoisotopic (exact) mass is 302 g/mol. The largest absolute Gasteiger partial charge is 0.497 e. The zero-order valence-corrected chi connectivity index (χ0v) is 13.5. The lowest BCUT2D eigenvalue weighted by molar-refractivity contribution is -0.0238. The SMILES string of the molecule is C#CC[C@H](C)[C@@H](C[C@H](O)CC=C)OCc1ccc(OC)cc1. The molecule has 0 bridgehead atoms. The van der Waals surface area contributed by atoms with E-state index in [1.807, 2.05) is 24.3 Å². The predicted molar refractivity (Wildman–Crippen MR) is 89.6 cm³/mol. The van der Waals surface area contributed by atoms with Crippen LogP contribution in [-0.2, 0) is 11.3 Å². The summed E-state index contributed by atoms with van der Waals surface area (Å²) >= 11 is 0. The summed E-state index contributed by atoms with van der Waals surface area (Å²) in [6.07, 6.45) is 8.35. The van der Waals surface area contributed by atoms with Crippen LogP contribution >= 0.6 is 0 Å². The Bertz CT molecular complexity index is 472. The van der Waals surface area contributed by atoms with Crippen LogP contribution in [0.5, 0.6) is 5.75 Å². The summed E-state index contributed by atoms with van der Waals surface area (Å²) in [5, 5.41) is 9.98. The number of hydrogen-bond acceptors (Lipinski definition) is 3. The van der Waals surface area contributed by atoms with Gasteiger partial charge in [-0.15, -0.1) is 18.9 Å². The molecular weight excluding hydrogens is 276 g/mol. The zero-order valence-electron chi connectivity index (χ0n) is 13.5. The fraction of sp³-hybridized carbons (Fsp3) is 0.474. The maximum atomic E-state index is 9.98. The van der Waals surface area contributed by atoms with E-state index in [-0.39, 0.29) is 12.0 Å². The van der Waals surface area contributed by atoms with Crippen molar-refractivity contribution in [3.8, 4) is 18.1 Å². The van der Waals surface area contributed by atoms with Crippen molar-refractivity contribution in [3.05, 3.63) is 42.5 Å². The minimum absolute atomic E-state index is 0.0758. The van der Waals surface area contributed by atoms with Gasteiger partial charge >= 0.3 is 0 Å². The average Bonchev–Trinajstić information content (AvgIpc) is 2.52. The van der Waals surface area contributed by atoms with E-state index in [1.54, 1.807) is 13.2 Å². The molecule has 0 amide bonds. The molecule has 3 heteroatoms. The normalized spacial score (nSPS) is 14.6. The Kier molecular flexibility index (Phi) is 8.35. The van der Waals surface area contributed by atoms with Gasteiger partial charge in [-0.25, -0.2) is 0 Å². The molecule has 0 saturated carbocycles. The van der Waals surface area contributed by atoms with Crippen molar-refractivity contribution in [1.29, 1.82) is 0 Å². The minimum atomic E-state index is -0.446. The molecular formula is C19H26O3. The molecule has 0 heterocycles. The summed E-state index contributed by atoms with van der Waals surface area (Å²) in [4.78, 5) is 0. The summed E-state index contributed by atoms with van der Waals surface area (Å²) in [6, 6.07) is 7.76. The van der Waals surface area contributed by atoms with Crippen molar-refractivity contribution in [1.82, 2.24) is 0 Å². The van der Waals surface area contributed by atoms with Crippen molar-refractivity contribution >= 4 is 0 Å². The van der Waals surface area contributed by atoms with Crippen LogP contribution in [0.25, 0.3) is 0 Å². The third kappa shape index (κ3) is 6.34. The second-order valence-corrected chi connectivity index (χ2v) is 5.50. The van der Waals surface area contributed by atoms with Crippen LogP contribution in [0.2, 0.25) is 0 Å². The van der Waals surface area contributed by atoms with Gasteiger partial charge in [-0.3, -0.25) is 0 Å². The van der Waals surface area contributed by atoms with Crippen LogP contribution < -0.4 is 4.74 Å². The zero-order chi connectivity index (χ0) is 16.4. The van der Waals surface area contributed by atoms with E-state index >= 15 is 0 Å². The van der Waals surface area contributed by atoms with Crippen molar-refractivity contribution in [3.63, 3.8) is 0 Å². The van der Waals surface area contributed by atoms with Crippen molar-refractivity contribution in [2.24, 2.45) is 5.92 Å². The average molecular weight is 302 g/mol. The van der Waals surface area contributed by atoms with Crippen molar-refractivity contribution in [2.75, 3.05) is 7.11 Å². The Hall–Kier alpha value is -1.76. The van der Waals surface area contributed by atoms with Crippen LogP contribution in [0, 0.1) is 18.3 Å². The topological polar surface area (TPSA) is 38.7 Å². The number of ether oxygens (including phenoxy) is 2. The lowest BCUT2D eigenvalue weighted by Crippen LogP contribution is -2.27. The molecule has 0 radical (unpaired) electrons. The smallest absolute Gasteiger partial charge is 0.118 e. The molecule has 120 valence electrons. The van der Waals surface area contributed by atoms with Crippen LogP contribution in [0.1, 0.15) is 31.7 Å². The van der Waals surface area contributed by atoms with Crippen LogP contribution in [0.3, 0.4) is 0 Å². The predicted octanol–water partition coefficient (Wildman–Crippen LogP) is 3.57. The van der Waals surface area contributed by atoms with Crippen molar-refractivity contribution in [2.45, 2.75) is 45.0 Å². The van der Waals surface area contributed by atoms with E-state index in [0.717, 1.165) is 11.3 Å². The third-order valence-electron chi connectivity index (χ3n) is 3.64. The van der Waals surface area contributed by atoms with Gasteiger partial charge in [0.2, 0.25) is 0 Å². The van der Waals surface area contributed by atoms with Gasteiger partial charge in [-0.2, -0.15) is 0 Å². The molecule has 0 aliphatic rings. The Morgan fingerprint density at radius 3 is 2.59 bits per heavy atom. The van der Waals surface area contributed by atoms with E-state index in [4.69, 9.17) is 15.9 Å². The van der Waals surface area contributed by atoms with Crippen LogP contribution in [0.15, 0.2) is 36.9 Å². The molecule has 0 spiro atoms. The summed E-state index contributed by atoms with van der Waals surface area (Å²) in [6.45, 7) is 6.20. The Balaban J connectivity index is 2.62. The van der Waals surface area contributed by atoms with Gasteiger partial charge in [0.05, 0.1) is 25.9 Å². The fourth-order valence-corrected chi connectivity index (χ4v) is 2.26. The maximum absolute atomic E-state index is 9.98. The van der Waals surface area contributed by atoms with E-state index in [9.17, 15) is 5.11 Å². The molecule has 1 aromatic carbocycles. The first kappa shape index (κ1) is 18.3. The van der Waals surface area contributed by atoms with Gasteiger partial charge in [0, 0.05) is 12.8 Å². The first-order chi connectivity index (χ1) is 10.6. The lowest BCUT2D eigenvalue weighted by atomic mass is 9.95. The van der Waals surface area contributed by atoms with Gasteiger partial charge < -0.3 is 14.6 Å². The van der Waals surface area contributed by atoms with Gasteiger partial charge in [-0.1, -0.05) is 25.1 Å². The number of hydrogen-bond donors (Lipinski definition) is 1. The summed E-state index contributed by atoms with van der Waals surface area (Å²) in [7, 11) is 1.64. The Labute approximate surface area is 134 Å². The molecule has 3 nitrogen and oxygen atoms in total. The van der Waals surface area contributed by atoms with Crippen molar-refractivity contribution < 1.29 is 14.6 Å². The first-order valence-electron chi connectivity index (χ1n) is 7.57. The molecule has 1 N–H and O–H groups in total. The number of rotatable bonds is 10. The molecule has 0 saturated heterocycles. The molecule has 22 heavy (non-hydrogen) atoms. The van der Waals surface area contributed by atoms with Gasteiger partial charge in [0.1, 0.15) is 5.75 Å². The number of aliphatic hydroxyl groups excluding tert-OH is 1. The molecule has 0 unspecified atom stereocenters. The molecule has 1 rings (SSSR count). The molecule has 0 aromatic heterocycles. The minimum Gasteiger partial charge on any atom is -0.497 e. The van der Waals surface area contributed by atoms with E-state index < -0.39 is 6.10 Å². The first-order valence-corrected chi connectivity index (χ1v) is 7.57. The molecule has 0 aliphatic heterocycles. The lowest BCUT2D eigenvalue weighted by Gasteiger charge is -2.25. The number of aliphatic hydroxyl groups is 1. The second kappa shape index (κ2) is 10.0. The summed E-state index contributed by atoms with van der Waals surface area (Å²) < 4.78 is 11.1. The van der Waals surface area contributed by atoms with Gasteiger partial charge in [0.25, 0.3) is 0 Å². The Morgan fingerprint density at radius 1 is 1.36 bits per heavy atom. The van der Waals surface area contributed by atoms with E-state index in [2.05, 4.69) is 19.4 Å². The van der Waals surface area contributed by atoms with Crippen LogP contribution in [-0.4, -0.2) is 24.4 Å². The van der Waals surface area contributed by atoms with E-state index in [1.165, 1.54) is 0 Å². The quantitative estimate of drug-likeness (QED) is 0.530. The maximum Gasteiger partial charge on any atom is 0.118 e. The highest BCUT2D eigenvalue weighted by atomic mass is 16.5. The highest BCUT2D eigenvalue weighted by Crippen LogP contribution is 2.20. The summed E-state index contributed by atoms with van der Waals surface area (Å²) in [5.74, 6) is 3.69. The number of terminal acetylenes is 1. The highest BCUT2D eigenvalue weighted by Gasteiger charge is 2.20. The molecule has 3 atom stereocenters. The number of benzene rings is 1. The second-order valence-electron chi connectivity index (χ2n) is 5.50. The van der Waals surface area contributed by atoms with Gasteiger partial charge in [0.15, 0.2) is 0 Å². The van der Waals surface area contributed by atoms with Crippen LogP contribution in [0.4, 0.5) is 0 Å². The van der Waals surface area contributed by atoms with E-state index in [0.29, 0.717) is 25.9 Å². The molecule has 1 aromatic rings. The summed E-state index contributed by atoms with van der Waals surface area (Å²) in [5.41, 5.74) is 1.07. The standard InChI is InChI=1S/C19H26O3/c1-5-7-15(3)19(13-17(20)8-6-2)22-14-16-9-11-18(21-4)12-10-16/h1,6,9-12,15,17,19-20H,2,7-8,13-14H2,3-4H3/t15-,17+,19+/m0/s1.